The first-order valence-electron chi connectivity index (χ1n) is 21.2. The number of sulfone groups is 1. The summed E-state index contributed by atoms with van der Waals surface area (Å²) in [6.07, 6.45) is 2.99. The topological polar surface area (TPSA) is 119 Å². The van der Waals surface area contributed by atoms with Crippen LogP contribution < -0.4 is 14.9 Å². The van der Waals surface area contributed by atoms with Gasteiger partial charge in [0.15, 0.2) is 0 Å². The summed E-state index contributed by atoms with van der Waals surface area (Å²) in [5, 5.41) is 2.93. The minimum atomic E-state index is -6.05. The number of halogens is 5. The molecule has 1 heterocycles. The van der Waals surface area contributed by atoms with Crippen molar-refractivity contribution in [3.05, 3.63) is 89.5 Å². The molecule has 3 aromatic carbocycles. The van der Waals surface area contributed by atoms with E-state index in [-0.39, 0.29) is 16.4 Å². The second-order valence-corrected chi connectivity index (χ2v) is 23.5. The minimum Gasteiger partial charge on any atom is -0.380 e. The lowest BCUT2D eigenvalue weighted by Crippen LogP contribution is -2.66. The zero-order chi connectivity index (χ0) is 45.6. The molecule has 1 saturated heterocycles. The Bertz CT molecular complexity index is 2380. The molecule has 0 unspecified atom stereocenters. The lowest BCUT2D eigenvalue weighted by Gasteiger charge is -2.72. The van der Waals surface area contributed by atoms with E-state index in [4.69, 9.17) is 0 Å². The summed E-state index contributed by atoms with van der Waals surface area (Å²) < 4.78 is 124. The van der Waals surface area contributed by atoms with Crippen LogP contribution in [-0.2, 0) is 19.9 Å². The Morgan fingerprint density at radius 1 is 0.905 bits per heavy atom. The molecule has 1 aliphatic heterocycles. The van der Waals surface area contributed by atoms with Crippen molar-refractivity contribution in [1.29, 1.82) is 0 Å². The summed E-state index contributed by atoms with van der Waals surface area (Å²) in [7, 11) is -7.23. The van der Waals surface area contributed by atoms with E-state index in [0.29, 0.717) is 57.1 Å². The van der Waals surface area contributed by atoms with Gasteiger partial charge in [-0.15, -0.1) is 11.8 Å². The predicted molar refractivity (Wildman–Crippen MR) is 237 cm³/mol. The van der Waals surface area contributed by atoms with Crippen molar-refractivity contribution in [3.63, 3.8) is 0 Å². The van der Waals surface area contributed by atoms with Gasteiger partial charge in [0.25, 0.3) is 25.8 Å². The second kappa shape index (κ2) is 17.9. The van der Waals surface area contributed by atoms with Gasteiger partial charge in [0, 0.05) is 66.1 Å². The van der Waals surface area contributed by atoms with Crippen LogP contribution in [0.2, 0.25) is 0 Å². The largest absolute Gasteiger partial charge is 0.501 e. The molecule has 3 aromatic rings. The fraction of sp³-hybridized carbons (Fsp3) is 0.533. The number of carbonyl (C=O) groups is 1. The molecule has 1 amide bonds. The number of nitrogens with one attached hydrogen (secondary N) is 2. The van der Waals surface area contributed by atoms with Crippen LogP contribution >= 0.6 is 11.8 Å². The first-order valence-corrected chi connectivity index (χ1v) is 25.2. The van der Waals surface area contributed by atoms with Crippen LogP contribution in [0.4, 0.5) is 33.3 Å². The number of amides is 1. The lowest BCUT2D eigenvalue weighted by molar-refractivity contribution is -0.250. The molecule has 10 nitrogen and oxygen atoms in total. The summed E-state index contributed by atoms with van der Waals surface area (Å²) in [5.41, 5.74) is -3.18. The van der Waals surface area contributed by atoms with E-state index in [1.807, 2.05) is 54.0 Å². The van der Waals surface area contributed by atoms with E-state index >= 15 is 0 Å². The highest BCUT2D eigenvalue weighted by Gasteiger charge is 2.73. The van der Waals surface area contributed by atoms with Gasteiger partial charge in [-0.05, 0) is 131 Å². The van der Waals surface area contributed by atoms with Gasteiger partial charge in [-0.1, -0.05) is 43.2 Å². The molecule has 2 bridgehead atoms. The van der Waals surface area contributed by atoms with Crippen molar-refractivity contribution in [2.24, 2.45) is 16.2 Å². The molecule has 4 aliphatic carbocycles. The monoisotopic (exact) mass is 937 g/mol. The van der Waals surface area contributed by atoms with E-state index in [9.17, 15) is 43.6 Å². The number of hydrogen-bond donors (Lipinski definition) is 2. The first kappa shape index (κ1) is 47.3. The smallest absolute Gasteiger partial charge is 0.380 e. The van der Waals surface area contributed by atoms with Gasteiger partial charge < -0.3 is 15.1 Å². The number of anilines is 2. The average molecular weight is 938 g/mol. The number of allylic oxidation sites excluding steroid dienone is 1. The Hall–Kier alpha value is -3.71. The number of rotatable bonds is 17. The van der Waals surface area contributed by atoms with E-state index in [0.717, 1.165) is 61.6 Å². The number of nitrogens with zero attached hydrogens (tertiary/aromatic N) is 3. The molecule has 18 heteroatoms. The van der Waals surface area contributed by atoms with E-state index in [1.165, 1.54) is 35.0 Å². The Balaban J connectivity index is 0.999. The quantitative estimate of drug-likeness (QED) is 0.0774. The number of benzene rings is 3. The minimum absolute atomic E-state index is 0.0241. The number of piperazine rings is 1. The zero-order valence-electron chi connectivity index (χ0n) is 36.0. The molecular formula is C45H56F5N5O5S3. The summed E-state index contributed by atoms with van der Waals surface area (Å²) in [4.78, 5) is 18.5. The van der Waals surface area contributed by atoms with Gasteiger partial charge in [0.05, 0.1) is 10.6 Å². The molecule has 2 N–H and O–H groups in total. The summed E-state index contributed by atoms with van der Waals surface area (Å²) in [6, 6.07) is 17.5. The Morgan fingerprint density at radius 2 is 1.56 bits per heavy atom. The number of carbonyl (C=O) groups excluding carboxylic acids is 1. The van der Waals surface area contributed by atoms with Gasteiger partial charge in [-0.3, -0.25) is 9.69 Å². The molecule has 63 heavy (non-hydrogen) atoms. The zero-order valence-corrected chi connectivity index (χ0v) is 38.4. The van der Waals surface area contributed by atoms with Gasteiger partial charge >= 0.3 is 5.51 Å². The van der Waals surface area contributed by atoms with E-state index in [1.54, 1.807) is 12.1 Å². The molecule has 0 radical (unpaired) electrons. The third kappa shape index (κ3) is 10.2. The van der Waals surface area contributed by atoms with Crippen LogP contribution in [0.3, 0.4) is 0 Å². The predicted octanol–water partition coefficient (Wildman–Crippen LogP) is 8.69. The van der Waals surface area contributed by atoms with Crippen LogP contribution in [0, 0.1) is 16.2 Å². The Labute approximate surface area is 372 Å². The average Bonchev–Trinajstić information content (AvgIpc) is 3.18. The van der Waals surface area contributed by atoms with Gasteiger partial charge in [-0.25, -0.2) is 30.3 Å². The molecule has 1 atom stereocenters. The highest BCUT2D eigenvalue weighted by molar-refractivity contribution is 7.99. The maximum atomic E-state index is 14.1. The van der Waals surface area contributed by atoms with Gasteiger partial charge in [-0.2, -0.15) is 13.2 Å². The standard InChI is InChI=1S/C45H56F5N5O5S3/c1-42(2)18-16-32(37(25-42)43-28-44(29-43,30-43)41(46)47)26-54-20-22-55(23-21-54)34-12-10-31(11-13-34)40(56)52-63(59,60)36-14-15-38(39(24-36)62(57,58)45(48,49)50)51-33(17-19-53(3)4)27-61-35-8-6-5-7-9-35/h5-15,24,33,41,51H,16-23,25-30H2,1-4H3,(H,52,56)/t33-,43?,44?/m1/s1. The van der Waals surface area contributed by atoms with Gasteiger partial charge in [0.2, 0.25) is 6.43 Å². The molecule has 8 rings (SSSR count). The van der Waals surface area contributed by atoms with Crippen molar-refractivity contribution in [2.75, 3.05) is 69.3 Å². The molecule has 344 valence electrons. The van der Waals surface area contributed by atoms with Crippen LogP contribution in [0.1, 0.15) is 69.2 Å². The molecule has 0 aromatic heterocycles. The Morgan fingerprint density at radius 3 is 2.16 bits per heavy atom. The molecule has 4 fully saturated rings. The van der Waals surface area contributed by atoms with Crippen LogP contribution in [0.15, 0.2) is 98.6 Å². The summed E-state index contributed by atoms with van der Waals surface area (Å²) >= 11 is 1.43. The normalized spacial score (nSPS) is 23.3. The number of sulfonamides is 1. The van der Waals surface area contributed by atoms with Crippen molar-refractivity contribution >= 4 is 48.9 Å². The molecule has 3 saturated carbocycles. The van der Waals surface area contributed by atoms with Crippen molar-refractivity contribution < 1.29 is 43.6 Å². The lowest BCUT2D eigenvalue weighted by atomic mass is 9.32. The fourth-order valence-electron chi connectivity index (χ4n) is 9.67. The fourth-order valence-corrected chi connectivity index (χ4v) is 12.7. The number of hydrogen-bond acceptors (Lipinski definition) is 10. The van der Waals surface area contributed by atoms with Crippen molar-refractivity contribution in [1.82, 2.24) is 14.5 Å². The SMILES string of the molecule is CN(C)CC[C@H](CSc1ccccc1)Nc1ccc(S(=O)(=O)NC(=O)c2ccc(N3CCN(CC4=C(C56CC(C(F)F)(C5)C6)CC(C)(C)CC4)CC3)cc2)cc1S(=O)(=O)C(F)(F)F. The Kier molecular flexibility index (Phi) is 13.5. The maximum absolute atomic E-state index is 14.1. The third-order valence-corrected chi connectivity index (χ3v) is 17.2. The van der Waals surface area contributed by atoms with E-state index in [2.05, 4.69) is 29.0 Å². The maximum Gasteiger partial charge on any atom is 0.501 e. The highest BCUT2D eigenvalue weighted by atomic mass is 32.2. The molecular weight excluding hydrogens is 882 g/mol. The number of thioether (sulfide) groups is 1. The third-order valence-electron chi connectivity index (χ3n) is 13.2. The number of alkyl halides is 5. The molecule has 0 spiro atoms. The second-order valence-electron chi connectivity index (χ2n) is 18.8. The van der Waals surface area contributed by atoms with Crippen molar-refractivity contribution in [3.8, 4) is 0 Å². The first-order chi connectivity index (χ1) is 29.5. The van der Waals surface area contributed by atoms with Crippen LogP contribution in [0.25, 0.3) is 0 Å². The highest BCUT2D eigenvalue weighted by Crippen LogP contribution is 2.79. The van der Waals surface area contributed by atoms with Gasteiger partial charge in [0.1, 0.15) is 4.90 Å². The van der Waals surface area contributed by atoms with E-state index < -0.39 is 64.6 Å². The summed E-state index contributed by atoms with van der Waals surface area (Å²) in [5.74, 6) is -0.680. The van der Waals surface area contributed by atoms with Crippen LogP contribution in [-0.4, -0.2) is 110 Å². The van der Waals surface area contributed by atoms with Crippen molar-refractivity contribution in [2.45, 2.75) is 91.5 Å². The molecule has 5 aliphatic rings. The summed E-state index contributed by atoms with van der Waals surface area (Å²) in [6.45, 7) is 8.84. The van der Waals surface area contributed by atoms with Crippen LogP contribution in [0.5, 0.6) is 0 Å².